The first-order valence-corrected chi connectivity index (χ1v) is 6.47. The van der Waals surface area contributed by atoms with Gasteiger partial charge in [-0.25, -0.2) is 4.39 Å². The van der Waals surface area contributed by atoms with Gasteiger partial charge in [0, 0.05) is 29.2 Å². The Balaban J connectivity index is 2.07. The summed E-state index contributed by atoms with van der Waals surface area (Å²) in [6, 6.07) is 12.4. The van der Waals surface area contributed by atoms with Gasteiger partial charge in [0.1, 0.15) is 5.82 Å². The third kappa shape index (κ3) is 2.11. The van der Waals surface area contributed by atoms with Crippen molar-refractivity contribution in [2.45, 2.75) is 13.5 Å². The Morgan fingerprint density at radius 2 is 2.05 bits per heavy atom. The summed E-state index contributed by atoms with van der Waals surface area (Å²) in [4.78, 5) is 11.0. The predicted molar refractivity (Wildman–Crippen MR) is 77.6 cm³/mol. The Morgan fingerprint density at radius 3 is 2.85 bits per heavy atom. The largest absolute Gasteiger partial charge is 0.343 e. The lowest BCUT2D eigenvalue weighted by Gasteiger charge is -2.09. The Morgan fingerprint density at radius 1 is 1.20 bits per heavy atom. The molecule has 0 radical (unpaired) electrons. The van der Waals surface area contributed by atoms with Crippen molar-refractivity contribution in [1.29, 1.82) is 0 Å². The monoisotopic (exact) mass is 267 g/mol. The molecule has 1 aromatic heterocycles. The summed E-state index contributed by atoms with van der Waals surface area (Å²) in [7, 11) is 0. The van der Waals surface area contributed by atoms with Gasteiger partial charge in [-0.15, -0.1) is 0 Å². The van der Waals surface area contributed by atoms with Crippen molar-refractivity contribution in [3.8, 4) is 0 Å². The summed E-state index contributed by atoms with van der Waals surface area (Å²) >= 11 is 0. The van der Waals surface area contributed by atoms with E-state index >= 15 is 0 Å². The van der Waals surface area contributed by atoms with Crippen LogP contribution in [0.1, 0.15) is 21.5 Å². The van der Waals surface area contributed by atoms with Gasteiger partial charge in [0.05, 0.1) is 0 Å². The number of benzene rings is 2. The van der Waals surface area contributed by atoms with Gasteiger partial charge in [0.25, 0.3) is 0 Å². The van der Waals surface area contributed by atoms with Gasteiger partial charge in [-0.2, -0.15) is 0 Å². The van der Waals surface area contributed by atoms with Gasteiger partial charge >= 0.3 is 0 Å². The highest BCUT2D eigenvalue weighted by Gasteiger charge is 2.07. The molecule has 0 saturated carbocycles. The van der Waals surface area contributed by atoms with Crippen molar-refractivity contribution in [1.82, 2.24) is 4.57 Å². The normalized spacial score (nSPS) is 10.9. The Bertz CT molecular complexity index is 789. The van der Waals surface area contributed by atoms with Crippen molar-refractivity contribution in [3.63, 3.8) is 0 Å². The lowest BCUT2D eigenvalue weighted by Crippen LogP contribution is -2.00. The van der Waals surface area contributed by atoms with Crippen LogP contribution in [-0.2, 0) is 6.54 Å². The predicted octanol–water partition coefficient (Wildman–Crippen LogP) is 3.95. The zero-order valence-corrected chi connectivity index (χ0v) is 11.1. The fourth-order valence-corrected chi connectivity index (χ4v) is 2.48. The van der Waals surface area contributed by atoms with Crippen molar-refractivity contribution in [2.75, 3.05) is 0 Å². The number of carbonyl (C=O) groups is 1. The lowest BCUT2D eigenvalue weighted by atomic mass is 10.1. The molecule has 100 valence electrons. The smallest absolute Gasteiger partial charge is 0.150 e. The molecular formula is C17H14FNO. The summed E-state index contributed by atoms with van der Waals surface area (Å²) in [5.74, 6) is -0.226. The number of rotatable bonds is 3. The standard InChI is InChI=1S/C17H14FNO/c1-12-5-6-15(18)9-14(12)10-19-8-7-16-13(11-20)3-2-4-17(16)19/h2-9,11H,10H2,1H3. The SMILES string of the molecule is Cc1ccc(F)cc1Cn1ccc2c(C=O)cccc21. The molecule has 2 nitrogen and oxygen atoms in total. The minimum absolute atomic E-state index is 0.226. The molecule has 0 spiro atoms. The second kappa shape index (κ2) is 4.93. The van der Waals surface area contributed by atoms with E-state index in [1.807, 2.05) is 35.9 Å². The molecule has 3 rings (SSSR count). The van der Waals surface area contributed by atoms with E-state index in [1.54, 1.807) is 18.2 Å². The molecule has 0 N–H and O–H groups in total. The highest BCUT2D eigenvalue weighted by Crippen LogP contribution is 2.21. The molecule has 0 aliphatic rings. The summed E-state index contributed by atoms with van der Waals surface area (Å²) in [6.07, 6.45) is 2.79. The number of fused-ring (bicyclic) bond motifs is 1. The fraction of sp³-hybridized carbons (Fsp3) is 0.118. The molecule has 0 bridgehead atoms. The van der Waals surface area contributed by atoms with Crippen molar-refractivity contribution < 1.29 is 9.18 Å². The summed E-state index contributed by atoms with van der Waals surface area (Å²) in [6.45, 7) is 2.56. The summed E-state index contributed by atoms with van der Waals surface area (Å²) < 4.78 is 15.4. The average Bonchev–Trinajstić information content (AvgIpc) is 2.86. The number of aryl methyl sites for hydroxylation is 1. The number of nitrogens with zero attached hydrogens (tertiary/aromatic N) is 1. The van der Waals surface area contributed by atoms with Gasteiger partial charge in [0.15, 0.2) is 6.29 Å². The minimum Gasteiger partial charge on any atom is -0.343 e. The van der Waals surface area contributed by atoms with E-state index in [4.69, 9.17) is 0 Å². The van der Waals surface area contributed by atoms with E-state index in [0.717, 1.165) is 28.3 Å². The van der Waals surface area contributed by atoms with E-state index in [2.05, 4.69) is 0 Å². The van der Waals surface area contributed by atoms with Crippen LogP contribution in [-0.4, -0.2) is 10.9 Å². The highest BCUT2D eigenvalue weighted by atomic mass is 19.1. The highest BCUT2D eigenvalue weighted by molar-refractivity contribution is 5.97. The number of hydrogen-bond donors (Lipinski definition) is 0. The minimum atomic E-state index is -0.226. The molecular weight excluding hydrogens is 253 g/mol. The summed E-state index contributed by atoms with van der Waals surface area (Å²) in [5.41, 5.74) is 3.66. The van der Waals surface area contributed by atoms with Crippen molar-refractivity contribution in [3.05, 3.63) is 71.2 Å². The van der Waals surface area contributed by atoms with Crippen LogP contribution in [0, 0.1) is 12.7 Å². The van der Waals surface area contributed by atoms with Gasteiger partial charge in [-0.3, -0.25) is 4.79 Å². The molecule has 2 aromatic carbocycles. The molecule has 0 aliphatic heterocycles. The maximum atomic E-state index is 13.4. The topological polar surface area (TPSA) is 22.0 Å². The fourth-order valence-electron chi connectivity index (χ4n) is 2.48. The van der Waals surface area contributed by atoms with E-state index in [1.165, 1.54) is 6.07 Å². The van der Waals surface area contributed by atoms with Crippen LogP contribution in [0.2, 0.25) is 0 Å². The molecule has 0 amide bonds. The van der Waals surface area contributed by atoms with Crippen LogP contribution in [0.25, 0.3) is 10.9 Å². The van der Waals surface area contributed by atoms with Crippen LogP contribution < -0.4 is 0 Å². The van der Waals surface area contributed by atoms with E-state index < -0.39 is 0 Å². The first-order valence-electron chi connectivity index (χ1n) is 6.47. The first kappa shape index (κ1) is 12.6. The zero-order chi connectivity index (χ0) is 14.1. The van der Waals surface area contributed by atoms with Crippen LogP contribution in [0.4, 0.5) is 4.39 Å². The maximum absolute atomic E-state index is 13.4. The zero-order valence-electron chi connectivity index (χ0n) is 11.1. The quantitative estimate of drug-likeness (QED) is 0.659. The molecule has 20 heavy (non-hydrogen) atoms. The van der Waals surface area contributed by atoms with Gasteiger partial charge < -0.3 is 4.57 Å². The van der Waals surface area contributed by atoms with E-state index in [0.29, 0.717) is 12.1 Å². The van der Waals surface area contributed by atoms with Gasteiger partial charge in [0.2, 0.25) is 0 Å². The number of halogens is 1. The van der Waals surface area contributed by atoms with E-state index in [9.17, 15) is 9.18 Å². The number of carbonyl (C=O) groups excluding carboxylic acids is 1. The second-order valence-electron chi connectivity index (χ2n) is 4.91. The number of aromatic nitrogens is 1. The average molecular weight is 267 g/mol. The molecule has 0 saturated heterocycles. The first-order chi connectivity index (χ1) is 9.69. The lowest BCUT2D eigenvalue weighted by molar-refractivity contribution is 0.112. The van der Waals surface area contributed by atoms with Crippen LogP contribution in [0.3, 0.4) is 0 Å². The van der Waals surface area contributed by atoms with Crippen molar-refractivity contribution in [2.24, 2.45) is 0 Å². The number of aldehydes is 1. The Hall–Kier alpha value is -2.42. The molecule has 0 fully saturated rings. The molecule has 1 heterocycles. The molecule has 0 unspecified atom stereocenters. The Kier molecular flexibility index (Phi) is 3.11. The third-order valence-electron chi connectivity index (χ3n) is 3.63. The van der Waals surface area contributed by atoms with Crippen LogP contribution in [0.15, 0.2) is 48.7 Å². The van der Waals surface area contributed by atoms with Gasteiger partial charge in [-0.1, -0.05) is 18.2 Å². The van der Waals surface area contributed by atoms with E-state index in [-0.39, 0.29) is 5.82 Å². The third-order valence-corrected chi connectivity index (χ3v) is 3.63. The maximum Gasteiger partial charge on any atom is 0.150 e. The summed E-state index contributed by atoms with van der Waals surface area (Å²) in [5, 5.41) is 0.927. The van der Waals surface area contributed by atoms with Crippen LogP contribution in [0.5, 0.6) is 0 Å². The second-order valence-corrected chi connectivity index (χ2v) is 4.91. The van der Waals surface area contributed by atoms with Crippen LogP contribution >= 0.6 is 0 Å². The number of hydrogen-bond acceptors (Lipinski definition) is 1. The van der Waals surface area contributed by atoms with Gasteiger partial charge in [-0.05, 0) is 42.3 Å². The Labute approximate surface area is 116 Å². The van der Waals surface area contributed by atoms with Crippen molar-refractivity contribution >= 4 is 17.2 Å². The molecule has 3 heteroatoms. The molecule has 3 aromatic rings. The molecule has 0 atom stereocenters. The molecule has 0 aliphatic carbocycles.